The molecule has 0 heterocycles. The van der Waals surface area contributed by atoms with Gasteiger partial charge >= 0.3 is 5.97 Å². The van der Waals surface area contributed by atoms with E-state index in [1.807, 2.05) is 0 Å². The van der Waals surface area contributed by atoms with Crippen LogP contribution in [0.15, 0.2) is 42.5 Å². The Morgan fingerprint density at radius 2 is 2.05 bits per heavy atom. The van der Waals surface area contributed by atoms with Crippen molar-refractivity contribution in [3.8, 4) is 0 Å². The summed E-state index contributed by atoms with van der Waals surface area (Å²) in [5.41, 5.74) is 1.51. The van der Waals surface area contributed by atoms with Gasteiger partial charge in [-0.1, -0.05) is 23.7 Å². The third-order valence-corrected chi connectivity index (χ3v) is 2.90. The van der Waals surface area contributed by atoms with Gasteiger partial charge in [-0.15, -0.1) is 0 Å². The van der Waals surface area contributed by atoms with E-state index < -0.39 is 5.97 Å². The number of hydrogen-bond acceptors (Lipinski definition) is 2. The van der Waals surface area contributed by atoms with Gasteiger partial charge in [0.25, 0.3) is 0 Å². The van der Waals surface area contributed by atoms with Crippen LogP contribution < -0.4 is 5.32 Å². The van der Waals surface area contributed by atoms with E-state index in [-0.39, 0.29) is 11.4 Å². The highest BCUT2D eigenvalue weighted by Crippen LogP contribution is 2.23. The maximum absolute atomic E-state index is 13.0. The first-order valence-corrected chi connectivity index (χ1v) is 5.95. The van der Waals surface area contributed by atoms with Gasteiger partial charge in [-0.2, -0.15) is 0 Å². The van der Waals surface area contributed by atoms with Crippen LogP contribution in [-0.4, -0.2) is 11.1 Å². The Hall–Kier alpha value is -2.07. The predicted molar refractivity (Wildman–Crippen MR) is 72.1 cm³/mol. The zero-order valence-electron chi connectivity index (χ0n) is 9.86. The third kappa shape index (κ3) is 3.45. The lowest BCUT2D eigenvalue weighted by Gasteiger charge is -2.09. The Kier molecular flexibility index (Phi) is 4.02. The number of nitrogens with one attached hydrogen (secondary N) is 1. The minimum Gasteiger partial charge on any atom is -0.478 e. The van der Waals surface area contributed by atoms with E-state index in [1.165, 1.54) is 24.3 Å². The van der Waals surface area contributed by atoms with Crippen LogP contribution in [-0.2, 0) is 6.54 Å². The number of hydrogen-bond donors (Lipinski definition) is 2. The van der Waals surface area contributed by atoms with Crippen LogP contribution in [0.25, 0.3) is 0 Å². The van der Waals surface area contributed by atoms with Gasteiger partial charge in [0.15, 0.2) is 0 Å². The summed E-state index contributed by atoms with van der Waals surface area (Å²) in [4.78, 5) is 10.8. The molecule has 98 valence electrons. The molecule has 3 nitrogen and oxygen atoms in total. The van der Waals surface area contributed by atoms with E-state index in [0.29, 0.717) is 17.3 Å². The zero-order chi connectivity index (χ0) is 13.8. The quantitative estimate of drug-likeness (QED) is 0.895. The molecule has 0 aromatic heterocycles. The molecule has 0 atom stereocenters. The van der Waals surface area contributed by atoms with Crippen molar-refractivity contribution in [3.05, 3.63) is 64.4 Å². The summed E-state index contributed by atoms with van der Waals surface area (Å²) < 4.78 is 13.0. The fourth-order valence-electron chi connectivity index (χ4n) is 1.64. The first-order valence-electron chi connectivity index (χ1n) is 5.57. The van der Waals surface area contributed by atoms with Gasteiger partial charge in [0.1, 0.15) is 5.82 Å². The molecule has 0 aliphatic carbocycles. The first kappa shape index (κ1) is 13.4. The van der Waals surface area contributed by atoms with E-state index in [4.69, 9.17) is 16.7 Å². The summed E-state index contributed by atoms with van der Waals surface area (Å²) >= 11 is 5.97. The highest BCUT2D eigenvalue weighted by atomic mass is 35.5. The average molecular weight is 280 g/mol. The van der Waals surface area contributed by atoms with Crippen LogP contribution in [0, 0.1) is 5.82 Å². The Labute approximate surface area is 114 Å². The van der Waals surface area contributed by atoms with Crippen LogP contribution in [0.1, 0.15) is 15.9 Å². The average Bonchev–Trinajstić information content (AvgIpc) is 2.37. The maximum Gasteiger partial charge on any atom is 0.335 e. The van der Waals surface area contributed by atoms with Crippen molar-refractivity contribution >= 4 is 23.3 Å². The van der Waals surface area contributed by atoms with E-state index in [2.05, 4.69) is 5.32 Å². The Balaban J connectivity index is 2.10. The normalized spacial score (nSPS) is 10.2. The van der Waals surface area contributed by atoms with Crippen molar-refractivity contribution in [2.45, 2.75) is 6.54 Å². The summed E-state index contributed by atoms with van der Waals surface area (Å²) in [5.74, 6) is -1.33. The molecule has 2 aromatic rings. The lowest BCUT2D eigenvalue weighted by molar-refractivity contribution is 0.0697. The fourth-order valence-corrected chi connectivity index (χ4v) is 1.88. The van der Waals surface area contributed by atoms with Gasteiger partial charge < -0.3 is 10.4 Å². The fraction of sp³-hybridized carbons (Fsp3) is 0.0714. The van der Waals surface area contributed by atoms with Crippen molar-refractivity contribution in [1.82, 2.24) is 0 Å². The second-order valence-corrected chi connectivity index (χ2v) is 4.39. The molecule has 0 aliphatic heterocycles. The molecule has 0 bridgehead atoms. The molecule has 2 N–H and O–H groups in total. The van der Waals surface area contributed by atoms with Crippen molar-refractivity contribution < 1.29 is 14.3 Å². The monoisotopic (exact) mass is 279 g/mol. The van der Waals surface area contributed by atoms with Gasteiger partial charge in [-0.25, -0.2) is 9.18 Å². The summed E-state index contributed by atoms with van der Waals surface area (Å²) in [5, 5.41) is 12.2. The lowest BCUT2D eigenvalue weighted by atomic mass is 10.2. The van der Waals surface area contributed by atoms with Crippen LogP contribution in [0.4, 0.5) is 10.1 Å². The first-order chi connectivity index (χ1) is 9.06. The van der Waals surface area contributed by atoms with Crippen molar-refractivity contribution in [1.29, 1.82) is 0 Å². The van der Waals surface area contributed by atoms with Gasteiger partial charge in [0.2, 0.25) is 0 Å². The van der Waals surface area contributed by atoms with Crippen LogP contribution in [0.3, 0.4) is 0 Å². The molecule has 19 heavy (non-hydrogen) atoms. The SMILES string of the molecule is O=C(O)c1ccc(NCc2cccc(F)c2)c(Cl)c1. The number of rotatable bonds is 4. The summed E-state index contributed by atoms with van der Waals surface area (Å²) in [6.45, 7) is 0.407. The molecule has 2 rings (SSSR count). The van der Waals surface area contributed by atoms with Gasteiger partial charge in [0.05, 0.1) is 16.3 Å². The summed E-state index contributed by atoms with van der Waals surface area (Å²) in [6, 6.07) is 10.6. The summed E-state index contributed by atoms with van der Waals surface area (Å²) in [7, 11) is 0. The molecule has 0 amide bonds. The van der Waals surface area contributed by atoms with Crippen LogP contribution in [0.2, 0.25) is 5.02 Å². The number of benzene rings is 2. The number of carboxylic acid groups (broad SMARTS) is 1. The Bertz CT molecular complexity index is 616. The second-order valence-electron chi connectivity index (χ2n) is 3.98. The third-order valence-electron chi connectivity index (χ3n) is 2.59. The smallest absolute Gasteiger partial charge is 0.335 e. The zero-order valence-corrected chi connectivity index (χ0v) is 10.6. The van der Waals surface area contributed by atoms with Crippen molar-refractivity contribution in [2.75, 3.05) is 5.32 Å². The number of aromatic carboxylic acids is 1. The number of carboxylic acids is 1. The molecule has 0 saturated carbocycles. The van der Waals surface area contributed by atoms with Crippen LogP contribution >= 0.6 is 11.6 Å². The van der Waals surface area contributed by atoms with E-state index >= 15 is 0 Å². The van der Waals surface area contributed by atoms with Crippen molar-refractivity contribution in [2.24, 2.45) is 0 Å². The highest BCUT2D eigenvalue weighted by Gasteiger charge is 2.06. The summed E-state index contributed by atoms with van der Waals surface area (Å²) in [6.07, 6.45) is 0. The molecule has 0 aliphatic rings. The van der Waals surface area contributed by atoms with E-state index in [9.17, 15) is 9.18 Å². The van der Waals surface area contributed by atoms with Gasteiger partial charge in [0, 0.05) is 6.54 Å². The number of carbonyl (C=O) groups is 1. The molecule has 0 unspecified atom stereocenters. The minimum absolute atomic E-state index is 0.126. The molecule has 0 radical (unpaired) electrons. The highest BCUT2D eigenvalue weighted by molar-refractivity contribution is 6.33. The van der Waals surface area contributed by atoms with Gasteiger partial charge in [-0.3, -0.25) is 0 Å². The molecule has 0 saturated heterocycles. The molecular weight excluding hydrogens is 269 g/mol. The van der Waals surface area contributed by atoms with E-state index in [1.54, 1.807) is 18.2 Å². The number of anilines is 1. The molecule has 5 heteroatoms. The number of halogens is 2. The largest absolute Gasteiger partial charge is 0.478 e. The second kappa shape index (κ2) is 5.71. The molecule has 2 aromatic carbocycles. The lowest BCUT2D eigenvalue weighted by Crippen LogP contribution is -2.02. The Morgan fingerprint density at radius 1 is 1.26 bits per heavy atom. The molecule has 0 spiro atoms. The Morgan fingerprint density at radius 3 is 2.68 bits per heavy atom. The standard InChI is InChI=1S/C14H11ClFNO2/c15-12-7-10(14(18)19)4-5-13(12)17-8-9-2-1-3-11(16)6-9/h1-7,17H,8H2,(H,18,19). The molecule has 0 fully saturated rings. The molecular formula is C14H11ClFNO2. The van der Waals surface area contributed by atoms with Crippen LogP contribution in [0.5, 0.6) is 0 Å². The van der Waals surface area contributed by atoms with Crippen molar-refractivity contribution in [3.63, 3.8) is 0 Å². The van der Waals surface area contributed by atoms with Gasteiger partial charge in [-0.05, 0) is 35.9 Å². The topological polar surface area (TPSA) is 49.3 Å². The predicted octanol–water partition coefficient (Wildman–Crippen LogP) is 3.79. The minimum atomic E-state index is -1.03. The maximum atomic E-state index is 13.0. The van der Waals surface area contributed by atoms with E-state index in [0.717, 1.165) is 5.56 Å².